The van der Waals surface area contributed by atoms with Crippen molar-refractivity contribution in [1.29, 1.82) is 0 Å². The van der Waals surface area contributed by atoms with Crippen LogP contribution >= 0.6 is 0 Å². The standard InChI is InChI=1S/C21H27F4N3O3S/c1-20(32(29,30)17-6-4-5-15(11-17)21(23,24)25)7-10-31-19(13-20)18-12-16(14-22)26-28(18)9-8-27(2)3/h4-6,11-12,19H,7-10,13-14H2,1-3H3. The number of aromatic nitrogens is 2. The molecule has 2 heterocycles. The number of nitrogens with zero attached hydrogens (tertiary/aromatic N) is 3. The van der Waals surface area contributed by atoms with Crippen LogP contribution in [0.5, 0.6) is 0 Å². The molecule has 1 aliphatic heterocycles. The topological polar surface area (TPSA) is 64.4 Å². The molecule has 0 bridgehead atoms. The maximum Gasteiger partial charge on any atom is 0.416 e. The summed E-state index contributed by atoms with van der Waals surface area (Å²) >= 11 is 0. The van der Waals surface area contributed by atoms with Crippen molar-refractivity contribution < 1.29 is 30.7 Å². The molecule has 0 amide bonds. The van der Waals surface area contributed by atoms with Crippen LogP contribution in [0.25, 0.3) is 0 Å². The highest BCUT2D eigenvalue weighted by molar-refractivity contribution is 7.92. The van der Waals surface area contributed by atoms with Gasteiger partial charge in [-0.25, -0.2) is 12.8 Å². The number of ether oxygens (including phenoxy) is 1. The van der Waals surface area contributed by atoms with Gasteiger partial charge in [0.1, 0.15) is 12.8 Å². The first kappa shape index (κ1) is 24.7. The van der Waals surface area contributed by atoms with Gasteiger partial charge >= 0.3 is 6.18 Å². The average Bonchev–Trinajstić information content (AvgIpc) is 3.15. The molecule has 0 N–H and O–H groups in total. The third-order valence-corrected chi connectivity index (χ3v) is 8.32. The van der Waals surface area contributed by atoms with Crippen LogP contribution in [0, 0.1) is 0 Å². The van der Waals surface area contributed by atoms with E-state index >= 15 is 0 Å². The summed E-state index contributed by atoms with van der Waals surface area (Å²) in [5, 5.41) is 4.24. The van der Waals surface area contributed by atoms with Gasteiger partial charge in [0, 0.05) is 13.2 Å². The highest BCUT2D eigenvalue weighted by atomic mass is 32.2. The van der Waals surface area contributed by atoms with Crippen molar-refractivity contribution in [3.05, 3.63) is 47.3 Å². The minimum atomic E-state index is -4.65. The van der Waals surface area contributed by atoms with Gasteiger partial charge in [0.05, 0.1) is 33.1 Å². The minimum Gasteiger partial charge on any atom is -0.372 e. The van der Waals surface area contributed by atoms with E-state index in [1.165, 1.54) is 13.0 Å². The largest absolute Gasteiger partial charge is 0.416 e. The molecule has 2 aromatic rings. The third kappa shape index (κ3) is 4.99. The molecule has 1 saturated heterocycles. The number of likely N-dealkylation sites (N-methyl/N-ethyl adjacent to an activating group) is 1. The zero-order chi connectivity index (χ0) is 23.7. The highest BCUT2D eigenvalue weighted by Gasteiger charge is 2.46. The lowest BCUT2D eigenvalue weighted by atomic mass is 9.94. The Balaban J connectivity index is 1.93. The van der Waals surface area contributed by atoms with E-state index in [0.29, 0.717) is 24.8 Å². The molecule has 1 aromatic carbocycles. The van der Waals surface area contributed by atoms with Gasteiger partial charge in [-0.3, -0.25) is 4.68 Å². The molecule has 0 aliphatic carbocycles. The zero-order valence-corrected chi connectivity index (χ0v) is 19.0. The maximum atomic E-state index is 13.4. The summed E-state index contributed by atoms with van der Waals surface area (Å²) in [6.07, 6.45) is -5.18. The predicted octanol–water partition coefficient (Wildman–Crippen LogP) is 4.02. The van der Waals surface area contributed by atoms with Gasteiger partial charge in [0.2, 0.25) is 0 Å². The van der Waals surface area contributed by atoms with Gasteiger partial charge in [-0.15, -0.1) is 0 Å². The third-order valence-electron chi connectivity index (χ3n) is 5.78. The fourth-order valence-electron chi connectivity index (χ4n) is 3.81. The molecule has 2 atom stereocenters. The lowest BCUT2D eigenvalue weighted by molar-refractivity contribution is -0.137. The first-order chi connectivity index (χ1) is 14.9. The Kier molecular flexibility index (Phi) is 7.02. The Labute approximate surface area is 185 Å². The van der Waals surface area contributed by atoms with Gasteiger partial charge in [-0.1, -0.05) is 6.07 Å². The molecule has 1 aliphatic rings. The number of alkyl halides is 4. The van der Waals surface area contributed by atoms with Gasteiger partial charge < -0.3 is 9.64 Å². The van der Waals surface area contributed by atoms with Crippen LogP contribution in [0.2, 0.25) is 0 Å². The first-order valence-corrected chi connectivity index (χ1v) is 11.7. The summed E-state index contributed by atoms with van der Waals surface area (Å²) in [4.78, 5) is 1.56. The Morgan fingerprint density at radius 1 is 1.28 bits per heavy atom. The van der Waals surface area contributed by atoms with Crippen molar-refractivity contribution in [3.63, 3.8) is 0 Å². The Morgan fingerprint density at radius 2 is 2.00 bits per heavy atom. The van der Waals surface area contributed by atoms with E-state index in [1.807, 2.05) is 19.0 Å². The second-order valence-electron chi connectivity index (χ2n) is 8.51. The van der Waals surface area contributed by atoms with E-state index in [0.717, 1.165) is 12.1 Å². The summed E-state index contributed by atoms with van der Waals surface area (Å²) < 4.78 is 85.6. The van der Waals surface area contributed by atoms with Gasteiger partial charge in [-0.05, 0) is 58.1 Å². The number of benzene rings is 1. The number of sulfone groups is 1. The van der Waals surface area contributed by atoms with Crippen LogP contribution < -0.4 is 0 Å². The van der Waals surface area contributed by atoms with Crippen molar-refractivity contribution in [2.45, 2.75) is 54.9 Å². The fraction of sp³-hybridized carbons (Fsp3) is 0.571. The first-order valence-electron chi connectivity index (χ1n) is 10.2. The second-order valence-corrected chi connectivity index (χ2v) is 11.0. The summed E-state index contributed by atoms with van der Waals surface area (Å²) in [6.45, 7) is 1.94. The molecule has 6 nitrogen and oxygen atoms in total. The molecule has 32 heavy (non-hydrogen) atoms. The Morgan fingerprint density at radius 3 is 2.62 bits per heavy atom. The van der Waals surface area contributed by atoms with E-state index in [9.17, 15) is 26.0 Å². The second kappa shape index (κ2) is 9.11. The van der Waals surface area contributed by atoms with Gasteiger partial charge in [0.25, 0.3) is 0 Å². The van der Waals surface area contributed by atoms with Crippen LogP contribution in [-0.2, 0) is 34.0 Å². The minimum absolute atomic E-state index is 0.0188. The van der Waals surface area contributed by atoms with E-state index < -0.39 is 39.1 Å². The molecule has 0 saturated carbocycles. The van der Waals surface area contributed by atoms with E-state index in [4.69, 9.17) is 4.74 Å². The highest BCUT2D eigenvalue weighted by Crippen LogP contribution is 2.43. The molecular formula is C21H27F4N3O3S. The molecule has 2 unspecified atom stereocenters. The number of halogens is 4. The van der Waals surface area contributed by atoms with Crippen LogP contribution in [0.1, 0.15) is 42.8 Å². The van der Waals surface area contributed by atoms with Crippen LogP contribution in [0.4, 0.5) is 17.6 Å². The molecule has 178 valence electrons. The van der Waals surface area contributed by atoms with Crippen molar-refractivity contribution in [3.8, 4) is 0 Å². The van der Waals surface area contributed by atoms with Crippen LogP contribution in [0.3, 0.4) is 0 Å². The predicted molar refractivity (Wildman–Crippen MR) is 111 cm³/mol. The number of hydrogen-bond acceptors (Lipinski definition) is 5. The van der Waals surface area contributed by atoms with Crippen LogP contribution in [-0.4, -0.2) is 55.1 Å². The summed E-state index contributed by atoms with van der Waals surface area (Å²) in [5.41, 5.74) is -0.236. The fourth-order valence-corrected chi connectivity index (χ4v) is 5.65. The molecule has 0 radical (unpaired) electrons. The summed E-state index contributed by atoms with van der Waals surface area (Å²) in [5.74, 6) is 0. The average molecular weight is 478 g/mol. The SMILES string of the molecule is CN(C)CCn1nc(CF)cc1C1CC(C)(S(=O)(=O)c2cccc(C(F)(F)F)c2)CCO1. The lowest BCUT2D eigenvalue weighted by Crippen LogP contribution is -2.42. The van der Waals surface area contributed by atoms with Crippen LogP contribution in [0.15, 0.2) is 35.2 Å². The normalized spacial score (nSPS) is 22.4. The molecule has 0 spiro atoms. The smallest absolute Gasteiger partial charge is 0.372 e. The van der Waals surface area contributed by atoms with Gasteiger partial charge in [-0.2, -0.15) is 18.3 Å². The Bertz CT molecular complexity index is 1050. The number of rotatable bonds is 7. The van der Waals surface area contributed by atoms with Crippen molar-refractivity contribution in [1.82, 2.24) is 14.7 Å². The van der Waals surface area contributed by atoms with E-state index in [1.54, 1.807) is 10.7 Å². The zero-order valence-electron chi connectivity index (χ0n) is 18.2. The van der Waals surface area contributed by atoms with Crippen molar-refractivity contribution >= 4 is 9.84 Å². The monoisotopic (exact) mass is 477 g/mol. The van der Waals surface area contributed by atoms with Gasteiger partial charge in [0.15, 0.2) is 9.84 Å². The molecule has 1 fully saturated rings. The van der Waals surface area contributed by atoms with E-state index in [2.05, 4.69) is 5.10 Å². The molecule has 3 rings (SSSR count). The maximum absolute atomic E-state index is 13.4. The van der Waals surface area contributed by atoms with Crippen molar-refractivity contribution in [2.24, 2.45) is 0 Å². The molecule has 11 heteroatoms. The quantitative estimate of drug-likeness (QED) is 0.564. The van der Waals surface area contributed by atoms with E-state index in [-0.39, 0.29) is 30.0 Å². The number of hydrogen-bond donors (Lipinski definition) is 0. The summed E-state index contributed by atoms with van der Waals surface area (Å²) in [6, 6.07) is 5.36. The Hall–Kier alpha value is -1.98. The summed E-state index contributed by atoms with van der Waals surface area (Å²) in [7, 11) is -0.347. The molecule has 1 aromatic heterocycles. The van der Waals surface area contributed by atoms with Crippen molar-refractivity contribution in [2.75, 3.05) is 27.2 Å². The lowest BCUT2D eigenvalue weighted by Gasteiger charge is -2.38. The molecular weight excluding hydrogens is 450 g/mol.